The highest BCUT2D eigenvalue weighted by atomic mass is 32.2. The number of rotatable bonds is 2. The summed E-state index contributed by atoms with van der Waals surface area (Å²) < 4.78 is 14.5. The van der Waals surface area contributed by atoms with Gasteiger partial charge in [-0.2, -0.15) is 0 Å². The molecule has 0 radical (unpaired) electrons. The van der Waals surface area contributed by atoms with Crippen molar-refractivity contribution in [3.05, 3.63) is 48.0 Å². The van der Waals surface area contributed by atoms with Crippen molar-refractivity contribution in [2.75, 3.05) is 12.3 Å². The van der Waals surface area contributed by atoms with Crippen LogP contribution in [0.1, 0.15) is 11.7 Å². The first-order valence-corrected chi connectivity index (χ1v) is 7.27. The summed E-state index contributed by atoms with van der Waals surface area (Å²) in [5.41, 5.74) is 0.317. The van der Waals surface area contributed by atoms with Gasteiger partial charge in [0.1, 0.15) is 0 Å². The van der Waals surface area contributed by atoms with Gasteiger partial charge in [0, 0.05) is 17.9 Å². The number of hydrogen-bond donors (Lipinski definition) is 0. The van der Waals surface area contributed by atoms with Crippen molar-refractivity contribution in [2.45, 2.75) is 6.17 Å². The number of benzene rings is 2. The van der Waals surface area contributed by atoms with Crippen molar-refractivity contribution in [1.29, 1.82) is 0 Å². The summed E-state index contributed by atoms with van der Waals surface area (Å²) in [6, 6.07) is 12.5. The molecule has 1 atom stereocenters. The summed E-state index contributed by atoms with van der Waals surface area (Å²) in [5.74, 6) is -0.233. The van der Waals surface area contributed by atoms with Gasteiger partial charge < -0.3 is 0 Å². The fraction of sp³-hybridized carbons (Fsp3) is 0.200. The number of thioether (sulfide) groups is 1. The van der Waals surface area contributed by atoms with Gasteiger partial charge in [-0.1, -0.05) is 54.2 Å². The van der Waals surface area contributed by atoms with E-state index in [2.05, 4.69) is 0 Å². The van der Waals surface area contributed by atoms with Gasteiger partial charge in [-0.25, -0.2) is 4.39 Å². The lowest BCUT2D eigenvalue weighted by molar-refractivity contribution is -0.132. The van der Waals surface area contributed by atoms with Gasteiger partial charge >= 0.3 is 0 Å². The zero-order chi connectivity index (χ0) is 14.1. The van der Waals surface area contributed by atoms with Gasteiger partial charge in [-0.15, -0.1) is 0 Å². The molecule has 3 nitrogen and oxygen atoms in total. The van der Waals surface area contributed by atoms with Crippen LogP contribution in [0.3, 0.4) is 0 Å². The average molecular weight is 289 g/mol. The van der Waals surface area contributed by atoms with E-state index in [4.69, 9.17) is 0 Å². The monoisotopic (exact) mass is 289 g/mol. The maximum atomic E-state index is 14.5. The van der Waals surface area contributed by atoms with Crippen LogP contribution >= 0.6 is 11.8 Å². The molecular weight excluding hydrogens is 277 g/mol. The molecule has 20 heavy (non-hydrogen) atoms. The normalized spacial score (nSPS) is 16.6. The molecule has 0 aromatic heterocycles. The molecule has 1 fully saturated rings. The lowest BCUT2D eigenvalue weighted by Crippen LogP contribution is -2.33. The van der Waals surface area contributed by atoms with E-state index in [1.807, 2.05) is 18.2 Å². The van der Waals surface area contributed by atoms with Crippen molar-refractivity contribution in [3.63, 3.8) is 0 Å². The summed E-state index contributed by atoms with van der Waals surface area (Å²) in [6.45, 7) is 0.285. The molecule has 0 spiro atoms. The van der Waals surface area contributed by atoms with Crippen molar-refractivity contribution in [2.24, 2.45) is 0 Å². The van der Waals surface area contributed by atoms with Crippen LogP contribution in [0.5, 0.6) is 0 Å². The van der Waals surface area contributed by atoms with Crippen LogP contribution in [0, 0.1) is 0 Å². The third-order valence-corrected chi connectivity index (χ3v) is 4.19. The molecule has 2 aromatic carbocycles. The number of hydrogen-bond acceptors (Lipinski definition) is 3. The number of fused-ring (bicyclic) bond motifs is 1. The highest BCUT2D eigenvalue weighted by Gasteiger charge is 2.34. The summed E-state index contributed by atoms with van der Waals surface area (Å²) in [7, 11) is 0. The van der Waals surface area contributed by atoms with Crippen molar-refractivity contribution in [1.82, 2.24) is 4.90 Å². The number of halogens is 1. The number of alkyl halides is 1. The van der Waals surface area contributed by atoms with Gasteiger partial charge in [-0.3, -0.25) is 14.5 Å². The Labute approximate surface area is 119 Å². The minimum absolute atomic E-state index is 0.285. The summed E-state index contributed by atoms with van der Waals surface area (Å²) in [6.07, 6.45) is -1.80. The van der Waals surface area contributed by atoms with Crippen LogP contribution in [0.15, 0.2) is 42.5 Å². The Morgan fingerprint density at radius 3 is 2.70 bits per heavy atom. The molecule has 102 valence electrons. The van der Waals surface area contributed by atoms with E-state index < -0.39 is 12.1 Å². The Balaban J connectivity index is 1.98. The molecule has 5 heteroatoms. The lowest BCUT2D eigenvalue weighted by atomic mass is 10.0. The summed E-state index contributed by atoms with van der Waals surface area (Å²) in [5, 5.41) is 1.22. The molecule has 1 heterocycles. The SMILES string of the molecule is O=C1SCCN1C(=O)C(F)c1cccc2ccccc12. The van der Waals surface area contributed by atoms with E-state index >= 15 is 0 Å². The quantitative estimate of drug-likeness (QED) is 0.848. The Bertz CT molecular complexity index is 683. The molecule has 1 aliphatic rings. The molecule has 0 saturated carbocycles. The fourth-order valence-electron chi connectivity index (χ4n) is 2.33. The van der Waals surface area contributed by atoms with Gasteiger partial charge in [-0.05, 0) is 10.8 Å². The Hall–Kier alpha value is -1.88. The largest absolute Gasteiger partial charge is 0.288 e. The second-order valence-corrected chi connectivity index (χ2v) is 5.58. The number of nitrogens with zero attached hydrogens (tertiary/aromatic N) is 1. The van der Waals surface area contributed by atoms with Crippen LogP contribution in [0.25, 0.3) is 10.8 Å². The Morgan fingerprint density at radius 1 is 1.20 bits per heavy atom. The van der Waals surface area contributed by atoms with E-state index in [1.165, 1.54) is 0 Å². The predicted octanol–water partition coefficient (Wildman–Crippen LogP) is 3.55. The Morgan fingerprint density at radius 2 is 1.95 bits per heavy atom. The third-order valence-electron chi connectivity index (χ3n) is 3.34. The van der Waals surface area contributed by atoms with Crippen LogP contribution in [-0.4, -0.2) is 28.3 Å². The highest BCUT2D eigenvalue weighted by Crippen LogP contribution is 2.30. The standard InChI is InChI=1S/C15H12FNO2S/c16-13(14(18)17-8-9-20-15(17)19)12-7-3-5-10-4-1-2-6-11(10)12/h1-7,13H,8-9H2. The molecule has 0 N–H and O–H groups in total. The van der Waals surface area contributed by atoms with Crippen molar-refractivity contribution < 1.29 is 14.0 Å². The van der Waals surface area contributed by atoms with E-state index in [0.717, 1.165) is 22.0 Å². The lowest BCUT2D eigenvalue weighted by Gasteiger charge is -2.17. The zero-order valence-corrected chi connectivity index (χ0v) is 11.4. The van der Waals surface area contributed by atoms with E-state index in [-0.39, 0.29) is 11.8 Å². The minimum atomic E-state index is -1.80. The molecule has 0 aliphatic carbocycles. The highest BCUT2D eigenvalue weighted by molar-refractivity contribution is 8.13. The summed E-state index contributed by atoms with van der Waals surface area (Å²) >= 11 is 1.05. The predicted molar refractivity (Wildman–Crippen MR) is 77.4 cm³/mol. The van der Waals surface area contributed by atoms with Crippen LogP contribution in [0.2, 0.25) is 0 Å². The molecule has 1 saturated heterocycles. The van der Waals surface area contributed by atoms with Crippen LogP contribution < -0.4 is 0 Å². The smallest absolute Gasteiger partial charge is 0.271 e. The molecule has 2 aromatic rings. The number of amides is 2. The van der Waals surface area contributed by atoms with Gasteiger partial charge in [0.2, 0.25) is 6.17 Å². The van der Waals surface area contributed by atoms with Crippen LogP contribution in [-0.2, 0) is 4.79 Å². The van der Waals surface area contributed by atoms with Crippen molar-refractivity contribution >= 4 is 33.7 Å². The van der Waals surface area contributed by atoms with Gasteiger partial charge in [0.25, 0.3) is 11.1 Å². The van der Waals surface area contributed by atoms with Crippen LogP contribution in [0.4, 0.5) is 9.18 Å². The second-order valence-electron chi connectivity index (χ2n) is 4.54. The third kappa shape index (κ3) is 2.18. The van der Waals surface area contributed by atoms with Crippen molar-refractivity contribution in [3.8, 4) is 0 Å². The first-order valence-electron chi connectivity index (χ1n) is 6.28. The zero-order valence-electron chi connectivity index (χ0n) is 10.6. The molecular formula is C15H12FNO2S. The average Bonchev–Trinajstić information content (AvgIpc) is 2.91. The molecule has 1 unspecified atom stereocenters. The van der Waals surface area contributed by atoms with E-state index in [9.17, 15) is 14.0 Å². The maximum Gasteiger partial charge on any atom is 0.288 e. The second kappa shape index (κ2) is 5.25. The number of imide groups is 1. The molecule has 3 rings (SSSR count). The molecule has 2 amide bonds. The fourth-order valence-corrected chi connectivity index (χ4v) is 3.12. The first-order chi connectivity index (χ1) is 9.68. The summed E-state index contributed by atoms with van der Waals surface area (Å²) in [4.78, 5) is 24.6. The minimum Gasteiger partial charge on any atom is -0.271 e. The van der Waals surface area contributed by atoms with Gasteiger partial charge in [0.05, 0.1) is 0 Å². The molecule has 1 aliphatic heterocycles. The topological polar surface area (TPSA) is 37.4 Å². The van der Waals surface area contributed by atoms with E-state index in [1.54, 1.807) is 24.3 Å². The Kier molecular flexibility index (Phi) is 3.44. The van der Waals surface area contributed by atoms with E-state index in [0.29, 0.717) is 16.7 Å². The number of carbonyl (C=O) groups is 2. The molecule has 0 bridgehead atoms. The van der Waals surface area contributed by atoms with Gasteiger partial charge in [0.15, 0.2) is 0 Å². The first kappa shape index (κ1) is 13.1. The number of carbonyl (C=O) groups excluding carboxylic acids is 2. The maximum absolute atomic E-state index is 14.5.